The van der Waals surface area contributed by atoms with Crippen LogP contribution < -0.4 is 81.9 Å². The second-order valence-electron chi connectivity index (χ2n) is 11.3. The summed E-state index contributed by atoms with van der Waals surface area (Å²) in [4.78, 5) is 4.75. The standard InChI is InChI=1S/C19H33B15S/c1-35(17-11(29)5(23)2(20)6(24)12(17)30,18-13(31)7(25)3(21)8(26)14(18)32)19-15(33)9(27)4(22)10(28)16(19)34/h20-34H2,1H3. The summed E-state index contributed by atoms with van der Waals surface area (Å²) < 4.78 is 0. The van der Waals surface area contributed by atoms with Crippen LogP contribution >= 0.6 is 10.0 Å². The molecule has 0 aliphatic carbocycles. The highest BCUT2D eigenvalue weighted by Gasteiger charge is 2.36. The van der Waals surface area contributed by atoms with E-state index < -0.39 is 10.0 Å². The molecule has 0 nitrogen and oxygen atoms in total. The van der Waals surface area contributed by atoms with Crippen LogP contribution in [0.2, 0.25) is 0 Å². The van der Waals surface area contributed by atoms with Crippen molar-refractivity contribution in [3.8, 4) is 0 Å². The van der Waals surface area contributed by atoms with Crippen molar-refractivity contribution in [2.75, 3.05) is 6.26 Å². The summed E-state index contributed by atoms with van der Waals surface area (Å²) in [6.45, 7) is 0. The molecule has 0 unspecified atom stereocenters. The Hall–Kier alpha value is -1.02. The van der Waals surface area contributed by atoms with Gasteiger partial charge in [-0.1, -0.05) is 32.8 Å². The Morgan fingerprint density at radius 1 is 0.257 bits per heavy atom. The molecule has 35 heavy (non-hydrogen) atoms. The van der Waals surface area contributed by atoms with Gasteiger partial charge < -0.3 is 0 Å². The van der Waals surface area contributed by atoms with Crippen LogP contribution in [0.1, 0.15) is 0 Å². The number of hydrogen-bond donors (Lipinski definition) is 0. The van der Waals surface area contributed by atoms with Crippen molar-refractivity contribution >= 4 is 210 Å². The fraction of sp³-hybridized carbons (Fsp3) is 0.0526. The van der Waals surface area contributed by atoms with E-state index in [9.17, 15) is 0 Å². The van der Waals surface area contributed by atoms with E-state index in [-0.39, 0.29) is 0 Å². The molecule has 0 spiro atoms. The molecule has 0 aliphatic rings. The van der Waals surface area contributed by atoms with Crippen LogP contribution in [0, 0.1) is 0 Å². The van der Waals surface area contributed by atoms with E-state index in [2.05, 4.69) is 124 Å². The Morgan fingerprint density at radius 2 is 0.371 bits per heavy atom. The minimum Gasteiger partial charge on any atom is -0.167 e. The van der Waals surface area contributed by atoms with Crippen LogP contribution in [0.3, 0.4) is 0 Å². The van der Waals surface area contributed by atoms with Crippen LogP contribution in [0.5, 0.6) is 0 Å². The molecular formula is C19H33B15S. The summed E-state index contributed by atoms with van der Waals surface area (Å²) >= 11 is 0. The lowest BCUT2D eigenvalue weighted by molar-refractivity contribution is 1.45. The van der Waals surface area contributed by atoms with Gasteiger partial charge in [0.2, 0.25) is 0 Å². The predicted molar refractivity (Wildman–Crippen MR) is 210 cm³/mol. The van der Waals surface area contributed by atoms with Crippen molar-refractivity contribution in [3.63, 3.8) is 0 Å². The quantitative estimate of drug-likeness (QED) is 0.344. The average molecular weight is 456 g/mol. The first-order chi connectivity index (χ1) is 16.0. The van der Waals surface area contributed by atoms with Gasteiger partial charge in [0.1, 0.15) is 118 Å². The third-order valence-corrected chi connectivity index (χ3v) is 14.3. The summed E-state index contributed by atoms with van der Waals surface area (Å²) in [7, 11) is 33.6. The summed E-state index contributed by atoms with van der Waals surface area (Å²) in [5, 5.41) is 0. The molecule has 0 heterocycles. The number of rotatable bonds is 3. The van der Waals surface area contributed by atoms with Crippen molar-refractivity contribution in [2.24, 2.45) is 0 Å². The van der Waals surface area contributed by atoms with Crippen molar-refractivity contribution in [1.82, 2.24) is 0 Å². The lowest BCUT2D eigenvalue weighted by atomic mass is 9.62. The Labute approximate surface area is 229 Å². The molecule has 3 rings (SSSR count). The van der Waals surface area contributed by atoms with Crippen LogP contribution in [0.25, 0.3) is 0 Å². The third kappa shape index (κ3) is 4.00. The lowest BCUT2D eigenvalue weighted by Gasteiger charge is -2.48. The van der Waals surface area contributed by atoms with Gasteiger partial charge in [-0.3, -0.25) is 0 Å². The highest BCUT2D eigenvalue weighted by molar-refractivity contribution is 8.34. The normalized spacial score (nSPS) is 12.0. The minimum atomic E-state index is -1.54. The maximum absolute atomic E-state index is 2.61. The Morgan fingerprint density at radius 3 is 0.514 bits per heavy atom. The monoisotopic (exact) mass is 458 g/mol. The van der Waals surface area contributed by atoms with Gasteiger partial charge in [-0.15, -0.1) is 49.2 Å². The first-order valence-electron chi connectivity index (χ1n) is 13.0. The van der Waals surface area contributed by atoms with Crippen LogP contribution in [0.15, 0.2) is 14.7 Å². The van der Waals surface area contributed by atoms with Crippen LogP contribution in [-0.4, -0.2) is 124 Å². The molecule has 0 N–H and O–H groups in total. The van der Waals surface area contributed by atoms with E-state index in [0.29, 0.717) is 0 Å². The zero-order valence-electron chi connectivity index (χ0n) is 25.4. The topological polar surface area (TPSA) is 0 Å². The second-order valence-corrected chi connectivity index (χ2v) is 14.3. The second kappa shape index (κ2) is 9.70. The highest BCUT2D eigenvalue weighted by Crippen LogP contribution is 2.61. The summed E-state index contributed by atoms with van der Waals surface area (Å²) in [5.74, 6) is 0. The molecule has 0 saturated heterocycles. The first-order valence-corrected chi connectivity index (χ1v) is 15.1. The van der Waals surface area contributed by atoms with Crippen molar-refractivity contribution < 1.29 is 0 Å². The van der Waals surface area contributed by atoms with Crippen molar-refractivity contribution in [3.05, 3.63) is 0 Å². The van der Waals surface area contributed by atoms with Gasteiger partial charge in [-0.2, -0.15) is 10.0 Å². The Kier molecular flexibility index (Phi) is 7.91. The summed E-state index contributed by atoms with van der Waals surface area (Å²) in [5.41, 5.74) is 21.9. The fourth-order valence-electron chi connectivity index (χ4n) is 6.54. The van der Waals surface area contributed by atoms with Gasteiger partial charge in [-0.25, -0.2) is 0 Å². The van der Waals surface area contributed by atoms with E-state index in [1.807, 2.05) is 0 Å². The van der Waals surface area contributed by atoms with Crippen LogP contribution in [-0.2, 0) is 0 Å². The van der Waals surface area contributed by atoms with Gasteiger partial charge in [-0.05, 0) is 20.9 Å². The minimum absolute atomic E-state index is 1.44. The van der Waals surface area contributed by atoms with E-state index in [4.69, 9.17) is 0 Å². The molecule has 0 atom stereocenters. The zero-order chi connectivity index (χ0) is 26.9. The molecule has 0 fully saturated rings. The van der Waals surface area contributed by atoms with E-state index in [1.54, 1.807) is 14.7 Å². The third-order valence-electron chi connectivity index (χ3n) is 10.0. The SMILES string of the molecule is Bc1c(B)c(B)c(S(C)(c2c(B)c(B)c(B)c(B)c2B)c2c(B)c(B)c(B)c(B)c2B)c(B)c1B. The van der Waals surface area contributed by atoms with E-state index >= 15 is 0 Å². The van der Waals surface area contributed by atoms with Gasteiger partial charge in [0, 0.05) is 0 Å². The number of benzene rings is 3. The summed E-state index contributed by atoms with van der Waals surface area (Å²) in [6.07, 6.45) is 2.61. The summed E-state index contributed by atoms with van der Waals surface area (Å²) in [6, 6.07) is 0. The zero-order valence-corrected chi connectivity index (χ0v) is 26.2. The molecule has 0 saturated carbocycles. The lowest BCUT2D eigenvalue weighted by Crippen LogP contribution is -2.61. The predicted octanol–water partition coefficient (Wildman–Crippen LogP) is -20.5. The molecule has 0 aromatic heterocycles. The smallest absolute Gasteiger partial charge is 0.139 e. The van der Waals surface area contributed by atoms with E-state index in [0.717, 1.165) is 0 Å². The van der Waals surface area contributed by atoms with Gasteiger partial charge in [0.05, 0.1) is 0 Å². The molecule has 0 bridgehead atoms. The molecule has 0 amide bonds. The van der Waals surface area contributed by atoms with Gasteiger partial charge >= 0.3 is 0 Å². The molecule has 3 aromatic rings. The van der Waals surface area contributed by atoms with Gasteiger partial charge in [0.25, 0.3) is 0 Å². The van der Waals surface area contributed by atoms with Gasteiger partial charge in [0.15, 0.2) is 0 Å². The largest absolute Gasteiger partial charge is 0.167 e. The van der Waals surface area contributed by atoms with Crippen molar-refractivity contribution in [2.45, 2.75) is 14.7 Å². The molecule has 0 aliphatic heterocycles. The maximum atomic E-state index is 2.61. The average Bonchev–Trinajstić information content (AvgIpc) is 2.81. The first kappa shape index (κ1) is 28.6. The van der Waals surface area contributed by atoms with E-state index in [1.165, 1.54) is 81.9 Å². The molecule has 16 heteroatoms. The molecular weight excluding hydrogens is 422 g/mol. The highest BCUT2D eigenvalue weighted by atomic mass is 32.3. The Balaban J connectivity index is 2.78. The van der Waals surface area contributed by atoms with Crippen molar-refractivity contribution in [1.29, 1.82) is 0 Å². The maximum Gasteiger partial charge on any atom is 0.139 e. The Bertz CT molecular complexity index is 1160. The number of hydrogen-bond acceptors (Lipinski definition) is 0. The molecule has 160 valence electrons. The molecule has 3 aromatic carbocycles. The fourth-order valence-corrected chi connectivity index (χ4v) is 11.7. The van der Waals surface area contributed by atoms with Crippen LogP contribution in [0.4, 0.5) is 0 Å². The molecule has 0 radical (unpaired) electrons.